The number of carboxylic acid groups (broad SMARTS) is 1. The van der Waals surface area contributed by atoms with E-state index in [1.165, 1.54) is 12.5 Å². The summed E-state index contributed by atoms with van der Waals surface area (Å²) in [4.78, 5) is 203. The quantitative estimate of drug-likeness (QED) is 0.0487. The van der Waals surface area contributed by atoms with Crippen molar-refractivity contribution in [2.24, 2.45) is 23.5 Å². The van der Waals surface area contributed by atoms with Crippen LogP contribution in [0.4, 0.5) is 0 Å². The second kappa shape index (κ2) is 37.0. The maximum absolute atomic E-state index is 14.9. The van der Waals surface area contributed by atoms with Crippen LogP contribution in [0.25, 0.3) is 0 Å². The van der Waals surface area contributed by atoms with Crippen molar-refractivity contribution >= 4 is 126 Å². The number of fused-ring (bicyclic) bond motifs is 6. The number of aliphatic hydroxyl groups excluding tert-OH is 1. The van der Waals surface area contributed by atoms with Crippen molar-refractivity contribution in [3.8, 4) is 0 Å². The van der Waals surface area contributed by atoms with E-state index in [1.54, 1.807) is 41.5 Å². The summed E-state index contributed by atoms with van der Waals surface area (Å²) in [5, 5.41) is 52.7. The van der Waals surface area contributed by atoms with E-state index in [0.717, 1.165) is 48.1 Å². The van der Waals surface area contributed by atoms with Crippen molar-refractivity contribution in [2.75, 3.05) is 49.2 Å². The fourth-order valence-electron chi connectivity index (χ4n) is 9.99. The highest BCUT2D eigenvalue weighted by molar-refractivity contribution is 8.77. The van der Waals surface area contributed by atoms with E-state index in [4.69, 9.17) is 5.73 Å². The molecule has 0 saturated carbocycles. The van der Waals surface area contributed by atoms with Crippen LogP contribution in [0.2, 0.25) is 0 Å². The number of rotatable bonds is 18. The second-order valence-electron chi connectivity index (χ2n) is 23.6. The van der Waals surface area contributed by atoms with E-state index in [2.05, 4.69) is 73.8 Å². The number of aromatic amines is 1. The molecule has 5 heterocycles. The predicted molar refractivity (Wildman–Crippen MR) is 337 cm³/mol. The number of aliphatic carboxylic acids is 1. The van der Waals surface area contributed by atoms with E-state index in [9.17, 15) is 77.3 Å². The molecule has 91 heavy (non-hydrogen) atoms. The molecule has 32 nitrogen and oxygen atoms in total. The lowest BCUT2D eigenvalue weighted by Gasteiger charge is -2.31. The van der Waals surface area contributed by atoms with Gasteiger partial charge in [-0.15, -0.1) is 0 Å². The molecule has 0 aromatic carbocycles. The minimum Gasteiger partial charge on any atom is -0.480 e. The van der Waals surface area contributed by atoms with E-state index in [-0.39, 0.29) is 93.0 Å². The van der Waals surface area contributed by atoms with Gasteiger partial charge in [0.15, 0.2) is 0 Å². The molecule has 4 saturated heterocycles. The highest BCUT2D eigenvalue weighted by Gasteiger charge is 2.45. The summed E-state index contributed by atoms with van der Waals surface area (Å²) >= 11 is 0. The van der Waals surface area contributed by atoms with Crippen LogP contribution in [0.5, 0.6) is 0 Å². The van der Waals surface area contributed by atoms with Gasteiger partial charge in [-0.25, -0.2) is 9.78 Å². The molecule has 4 fully saturated rings. The number of nitrogens with zero attached hydrogens (tertiary/aromatic N) is 2. The van der Waals surface area contributed by atoms with Gasteiger partial charge < -0.3 is 89.6 Å². The minimum absolute atomic E-state index is 0.0124. The molecule has 506 valence electrons. The number of carboxylic acids is 1. The van der Waals surface area contributed by atoms with Gasteiger partial charge in [0.25, 0.3) is 0 Å². The summed E-state index contributed by atoms with van der Waals surface area (Å²) in [6.45, 7) is 9.00. The molecule has 0 spiro atoms. The highest BCUT2D eigenvalue weighted by atomic mass is 33.1. The summed E-state index contributed by atoms with van der Waals surface area (Å²) in [5.74, 6) is -14.9. The topological polar surface area (TPSA) is 482 Å². The van der Waals surface area contributed by atoms with Crippen LogP contribution >= 0.6 is 43.2 Å². The van der Waals surface area contributed by atoms with E-state index in [0.29, 0.717) is 18.5 Å². The number of amides is 13. The Kier molecular flexibility index (Phi) is 30.4. The first-order chi connectivity index (χ1) is 43.1. The van der Waals surface area contributed by atoms with Gasteiger partial charge in [0.1, 0.15) is 66.5 Å². The first-order valence-electron chi connectivity index (χ1n) is 30.1. The summed E-state index contributed by atoms with van der Waals surface area (Å²) in [7, 11) is 3.55. The first kappa shape index (κ1) is 74.8. The Balaban J connectivity index is 1.58. The Morgan fingerprint density at radius 3 is 1.89 bits per heavy atom. The largest absolute Gasteiger partial charge is 0.480 e. The molecular formula is C55H86N16O16S4. The molecule has 4 aliphatic heterocycles. The predicted octanol–water partition coefficient (Wildman–Crippen LogP) is -4.46. The summed E-state index contributed by atoms with van der Waals surface area (Å²) in [6.07, 6.45) is 2.06. The van der Waals surface area contributed by atoms with Gasteiger partial charge >= 0.3 is 5.97 Å². The van der Waals surface area contributed by atoms with E-state index >= 15 is 0 Å². The van der Waals surface area contributed by atoms with Gasteiger partial charge in [-0.1, -0.05) is 84.7 Å². The van der Waals surface area contributed by atoms with Crippen molar-refractivity contribution < 1.29 is 77.3 Å². The molecule has 12 atom stereocenters. The van der Waals surface area contributed by atoms with Gasteiger partial charge in [0.05, 0.1) is 25.5 Å². The molecule has 13 amide bonds. The lowest BCUT2D eigenvalue weighted by molar-refractivity contribution is -0.146. The Hall–Kier alpha value is -6.89. The maximum Gasteiger partial charge on any atom is 0.327 e. The fourth-order valence-corrected chi connectivity index (χ4v) is 14.6. The number of nitrogens with one attached hydrogen (secondary N) is 13. The molecular weight excluding hydrogens is 1270 g/mol. The lowest BCUT2D eigenvalue weighted by Crippen LogP contribution is -2.61. The van der Waals surface area contributed by atoms with Crippen LogP contribution in [0.15, 0.2) is 12.5 Å². The zero-order valence-corrected chi connectivity index (χ0v) is 54.8. The average Bonchev–Trinajstić information content (AvgIpc) is 1.82. The van der Waals surface area contributed by atoms with Gasteiger partial charge in [-0.05, 0) is 69.2 Å². The Morgan fingerprint density at radius 2 is 1.27 bits per heavy atom. The average molecular weight is 1360 g/mol. The van der Waals surface area contributed by atoms with Crippen molar-refractivity contribution in [2.45, 2.75) is 172 Å². The third-order valence-electron chi connectivity index (χ3n) is 14.8. The maximum atomic E-state index is 14.9. The molecule has 1 aromatic rings. The number of imidazole rings is 1. The lowest BCUT2D eigenvalue weighted by atomic mass is 10.00. The number of aromatic nitrogens is 2. The number of aliphatic hydroxyl groups is 1. The SMILES string of the molecule is CC(C)C[C@@H]1NC(=O)CNC(=O)[C@@H]2CSSC[C@H](NC(=O)[C@H](CC(C)C)NC(=O)[C@H](CCCCN)NC1=O)C(=O)N[C@@H](Cc1cnc[nH]1)C(=O)N1CC[C@H](O)[C@H]1C(=O)N[C@H](C(=O)O)CSSC[C@H](NC(=O)[C@@H](NC(=O)CNC(=O)[C@@H]1CCC(=O)N1)C(C)C)C(=O)N2. The smallest absolute Gasteiger partial charge is 0.327 e. The molecule has 0 radical (unpaired) electrons. The van der Waals surface area contributed by atoms with Crippen molar-refractivity contribution in [3.63, 3.8) is 0 Å². The highest BCUT2D eigenvalue weighted by Crippen LogP contribution is 2.27. The van der Waals surface area contributed by atoms with E-state index in [1.807, 2.05) is 0 Å². The van der Waals surface area contributed by atoms with Gasteiger partial charge in [0.2, 0.25) is 76.8 Å². The van der Waals surface area contributed by atoms with Gasteiger partial charge in [-0.2, -0.15) is 0 Å². The van der Waals surface area contributed by atoms with Gasteiger partial charge in [-0.3, -0.25) is 62.3 Å². The van der Waals surface area contributed by atoms with Crippen molar-refractivity contribution in [3.05, 3.63) is 18.2 Å². The number of carbonyl (C=O) groups is 14. The molecule has 1 aromatic heterocycles. The number of hydrogen-bond donors (Lipinski definition) is 16. The zero-order valence-electron chi connectivity index (χ0n) is 51.6. The normalized spacial score (nSPS) is 27.2. The molecule has 2 bridgehead atoms. The van der Waals surface area contributed by atoms with Crippen LogP contribution in [-0.4, -0.2) is 230 Å². The fraction of sp³-hybridized carbons (Fsp3) is 0.691. The van der Waals surface area contributed by atoms with Crippen LogP contribution in [0.3, 0.4) is 0 Å². The van der Waals surface area contributed by atoms with Crippen LogP contribution < -0.4 is 69.5 Å². The third-order valence-corrected chi connectivity index (χ3v) is 19.7. The third kappa shape index (κ3) is 23.9. The van der Waals surface area contributed by atoms with Crippen LogP contribution in [-0.2, 0) is 73.5 Å². The standard InChI is InChI=1S/C55H86N16O16S4/c1-26(2)15-32-48(79)63-30(9-7-8-13-56)47(78)64-33(16-27(3)4)49(80)67-36-22-89-88-21-35(46(77)59-19-41(74)62-32)66-51(82)37(68-52(83)43(28(5)6)70-42(75)20-58-45(76)31-10-11-40(73)61-31)23-90-91-24-38(55(86)87)69-53(84)44-39(72)12-14-71(44)54(85)34(65-50(36)81)17-29-18-57-25-60-29/h18,25-28,30-39,43-44,72H,7-17,19-24,56H2,1-6H3,(H,57,60)(H,58,76)(H,59,77)(H,61,73)(H,62,74)(H,63,79)(H,64,78)(H,65,81)(H,66,82)(H,67,80)(H,68,83)(H,69,84)(H,70,75)(H,86,87)/t30-,31-,32-,33-,34-,35-,36-,37-,38-,39-,43-,44-/m0/s1. The Labute approximate surface area is 542 Å². The monoisotopic (exact) mass is 1350 g/mol. The number of carbonyl (C=O) groups excluding carboxylic acids is 13. The molecule has 0 aliphatic carbocycles. The minimum atomic E-state index is -1.69. The zero-order chi connectivity index (χ0) is 67.1. The molecule has 17 N–H and O–H groups in total. The number of hydrogen-bond acceptors (Lipinski definition) is 21. The number of H-pyrrole nitrogens is 1. The molecule has 36 heteroatoms. The number of nitrogens with two attached hydrogens (primary N) is 1. The summed E-state index contributed by atoms with van der Waals surface area (Å²) < 4.78 is 0. The van der Waals surface area contributed by atoms with Crippen molar-refractivity contribution in [1.82, 2.24) is 78.7 Å². The summed E-state index contributed by atoms with van der Waals surface area (Å²) in [5.41, 5.74) is 6.13. The molecule has 4 aliphatic rings. The van der Waals surface area contributed by atoms with Crippen LogP contribution in [0.1, 0.15) is 98.6 Å². The molecule has 5 rings (SSSR count). The Bertz CT molecular complexity index is 2770. The van der Waals surface area contributed by atoms with Crippen LogP contribution in [0, 0.1) is 17.8 Å². The van der Waals surface area contributed by atoms with Gasteiger partial charge in [0, 0.05) is 54.3 Å². The first-order valence-corrected chi connectivity index (χ1v) is 35.1. The summed E-state index contributed by atoms with van der Waals surface area (Å²) in [6, 6.07) is -15.7. The van der Waals surface area contributed by atoms with E-state index < -0.39 is 174 Å². The molecule has 0 unspecified atom stereocenters. The number of unbranched alkanes of at least 4 members (excludes halogenated alkanes) is 1. The Morgan fingerprint density at radius 1 is 0.670 bits per heavy atom. The van der Waals surface area contributed by atoms with Crippen molar-refractivity contribution in [1.29, 1.82) is 0 Å². The second-order valence-corrected chi connectivity index (χ2v) is 28.7.